The van der Waals surface area contributed by atoms with Crippen molar-refractivity contribution < 1.29 is 37.4 Å². The van der Waals surface area contributed by atoms with Gasteiger partial charge in [0.05, 0.1) is 5.56 Å². The lowest BCUT2D eigenvalue weighted by molar-refractivity contribution is -0.138. The number of nitrogens with one attached hydrogen (secondary N) is 1. The number of nitrogens with two attached hydrogens (primary N) is 1. The van der Waals surface area contributed by atoms with Crippen LogP contribution in [0.5, 0.6) is 0 Å². The van der Waals surface area contributed by atoms with E-state index in [4.69, 9.17) is 5.73 Å². The number of aromatic nitrogens is 1. The quantitative estimate of drug-likeness (QED) is 0.544. The number of nitrogen functional groups attached to an aromatic ring is 1. The van der Waals surface area contributed by atoms with E-state index in [-0.39, 0.29) is 0 Å². The number of benzene rings is 1. The van der Waals surface area contributed by atoms with E-state index in [1.165, 1.54) is 0 Å². The molecule has 0 aliphatic carbocycles. The predicted molar refractivity (Wildman–Crippen MR) is 83.5 cm³/mol. The molecule has 5 N–H and O–H groups in total. The molecule has 2 rings (SSSR count). The first kappa shape index (κ1) is 19.4. The molecular formula is C14H7BrF4N2O5. The Morgan fingerprint density at radius 2 is 1.62 bits per heavy atom. The highest BCUT2D eigenvalue weighted by Crippen LogP contribution is 2.43. The van der Waals surface area contributed by atoms with Crippen LogP contribution in [-0.2, 0) is 6.18 Å². The summed E-state index contributed by atoms with van der Waals surface area (Å²) in [4.78, 5) is 36.5. The first-order valence-electron chi connectivity index (χ1n) is 6.45. The monoisotopic (exact) mass is 438 g/mol. The summed E-state index contributed by atoms with van der Waals surface area (Å²) < 4.78 is 52.6. The number of H-pyrrole nitrogens is 1. The zero-order valence-electron chi connectivity index (χ0n) is 12.2. The van der Waals surface area contributed by atoms with Crippen LogP contribution in [0.1, 0.15) is 26.3 Å². The third kappa shape index (κ3) is 3.14. The molecule has 0 spiro atoms. The lowest BCUT2D eigenvalue weighted by Gasteiger charge is -2.17. The number of rotatable bonds is 3. The van der Waals surface area contributed by atoms with E-state index in [1.54, 1.807) is 4.98 Å². The second kappa shape index (κ2) is 6.44. The maximum absolute atomic E-state index is 14.3. The Bertz CT molecular complexity index is 1000. The van der Waals surface area contributed by atoms with E-state index in [0.29, 0.717) is 12.1 Å². The van der Waals surface area contributed by atoms with Crippen molar-refractivity contribution in [2.75, 3.05) is 5.73 Å². The maximum atomic E-state index is 14.3. The zero-order valence-corrected chi connectivity index (χ0v) is 13.8. The molecule has 0 unspecified atom stereocenters. The Morgan fingerprint density at radius 3 is 2.08 bits per heavy atom. The Morgan fingerprint density at radius 1 is 1.08 bits per heavy atom. The molecule has 0 aliphatic heterocycles. The van der Waals surface area contributed by atoms with Crippen molar-refractivity contribution in [3.05, 3.63) is 49.5 Å². The van der Waals surface area contributed by atoms with Gasteiger partial charge in [-0.25, -0.2) is 14.0 Å². The van der Waals surface area contributed by atoms with Crippen molar-refractivity contribution in [2.24, 2.45) is 0 Å². The van der Waals surface area contributed by atoms with Crippen molar-refractivity contribution in [3.63, 3.8) is 0 Å². The molecule has 1 aromatic heterocycles. The van der Waals surface area contributed by atoms with Crippen LogP contribution in [0.2, 0.25) is 0 Å². The summed E-state index contributed by atoms with van der Waals surface area (Å²) >= 11 is 2.52. The average molecular weight is 439 g/mol. The minimum absolute atomic E-state index is 0.373. The van der Waals surface area contributed by atoms with E-state index < -0.39 is 67.6 Å². The van der Waals surface area contributed by atoms with Crippen LogP contribution in [0.3, 0.4) is 0 Å². The van der Waals surface area contributed by atoms with E-state index >= 15 is 0 Å². The summed E-state index contributed by atoms with van der Waals surface area (Å²) in [5, 5.41) is 18.5. The molecule has 1 heterocycles. The van der Waals surface area contributed by atoms with E-state index in [9.17, 15) is 42.2 Å². The summed E-state index contributed by atoms with van der Waals surface area (Å²) in [5.41, 5.74) is -1.91. The maximum Gasteiger partial charge on any atom is 0.417 e. The molecule has 26 heavy (non-hydrogen) atoms. The fourth-order valence-electron chi connectivity index (χ4n) is 2.30. The summed E-state index contributed by atoms with van der Waals surface area (Å²) in [6, 6.07) is 0.748. The van der Waals surface area contributed by atoms with E-state index in [1.807, 2.05) is 0 Å². The second-order valence-electron chi connectivity index (χ2n) is 4.88. The summed E-state index contributed by atoms with van der Waals surface area (Å²) in [5.74, 6) is -6.08. The molecule has 7 nitrogen and oxygen atoms in total. The number of alkyl halides is 3. The lowest BCUT2D eigenvalue weighted by atomic mass is 9.93. The van der Waals surface area contributed by atoms with Crippen LogP contribution in [0, 0.1) is 5.82 Å². The summed E-state index contributed by atoms with van der Waals surface area (Å²) in [7, 11) is 0. The third-order valence-corrected chi connectivity index (χ3v) is 4.14. The van der Waals surface area contributed by atoms with Gasteiger partial charge < -0.3 is 20.9 Å². The molecule has 0 amide bonds. The molecule has 2 aromatic rings. The Kier molecular flexibility index (Phi) is 4.82. The standard InChI is InChI=1S/C14H7BrF4N2O5/c15-9-3(14(17,18)19)1-2-4(16)5(9)6-7(12(23)24)10(20)21-11(22)8(6)13(25)26/h1-2H,(H,23,24)(H,25,26)(H3,20,21,22). The normalized spacial score (nSPS) is 11.4. The van der Waals surface area contributed by atoms with Crippen LogP contribution >= 0.6 is 15.9 Å². The van der Waals surface area contributed by atoms with Gasteiger partial charge in [0.25, 0.3) is 5.56 Å². The number of pyridine rings is 1. The van der Waals surface area contributed by atoms with Gasteiger partial charge in [0.1, 0.15) is 22.8 Å². The van der Waals surface area contributed by atoms with Gasteiger partial charge in [0, 0.05) is 15.6 Å². The molecule has 12 heteroatoms. The zero-order chi connectivity index (χ0) is 20.0. The van der Waals surface area contributed by atoms with Gasteiger partial charge in [-0.2, -0.15) is 13.2 Å². The largest absolute Gasteiger partial charge is 0.478 e. The number of aromatic amines is 1. The molecule has 0 aliphatic rings. The molecular weight excluding hydrogens is 432 g/mol. The van der Waals surface area contributed by atoms with Gasteiger partial charge in [0.2, 0.25) is 0 Å². The first-order valence-corrected chi connectivity index (χ1v) is 7.25. The van der Waals surface area contributed by atoms with Crippen LogP contribution in [-0.4, -0.2) is 27.1 Å². The van der Waals surface area contributed by atoms with Crippen LogP contribution in [0.25, 0.3) is 11.1 Å². The summed E-state index contributed by atoms with van der Waals surface area (Å²) in [6.07, 6.45) is -4.97. The predicted octanol–water partition coefficient (Wildman–Crippen LogP) is 2.94. The Hall–Kier alpha value is -2.89. The first-order chi connectivity index (χ1) is 11.9. The topological polar surface area (TPSA) is 133 Å². The van der Waals surface area contributed by atoms with Crippen molar-refractivity contribution in [2.45, 2.75) is 6.18 Å². The number of aromatic carboxylic acids is 2. The Labute approximate surface area is 149 Å². The minimum Gasteiger partial charge on any atom is -0.478 e. The highest BCUT2D eigenvalue weighted by atomic mass is 79.9. The minimum atomic E-state index is -4.97. The average Bonchev–Trinajstić information content (AvgIpc) is 2.44. The number of carboxylic acid groups (broad SMARTS) is 2. The molecule has 0 bridgehead atoms. The van der Waals surface area contributed by atoms with Gasteiger partial charge >= 0.3 is 18.1 Å². The number of carbonyl (C=O) groups is 2. The van der Waals surface area contributed by atoms with Crippen molar-refractivity contribution in [1.82, 2.24) is 4.98 Å². The molecule has 138 valence electrons. The lowest BCUT2D eigenvalue weighted by Crippen LogP contribution is -2.24. The smallest absolute Gasteiger partial charge is 0.417 e. The number of anilines is 1. The fraction of sp³-hybridized carbons (Fsp3) is 0.0714. The number of carboxylic acids is 2. The van der Waals surface area contributed by atoms with Crippen LogP contribution in [0.4, 0.5) is 23.4 Å². The third-order valence-electron chi connectivity index (χ3n) is 3.32. The SMILES string of the molecule is Nc1[nH]c(=O)c(C(=O)O)c(-c2c(F)ccc(C(F)(F)F)c2Br)c1C(=O)O. The van der Waals surface area contributed by atoms with E-state index in [2.05, 4.69) is 15.9 Å². The molecule has 0 saturated carbocycles. The van der Waals surface area contributed by atoms with Gasteiger partial charge in [0.15, 0.2) is 0 Å². The fourth-order valence-corrected chi connectivity index (χ4v) is 3.04. The van der Waals surface area contributed by atoms with E-state index in [0.717, 1.165) is 0 Å². The van der Waals surface area contributed by atoms with Crippen molar-refractivity contribution >= 4 is 33.7 Å². The van der Waals surface area contributed by atoms with Crippen LogP contribution in [0.15, 0.2) is 21.4 Å². The molecule has 0 atom stereocenters. The number of hydrogen-bond acceptors (Lipinski definition) is 4. The van der Waals surface area contributed by atoms with Gasteiger partial charge in [-0.05, 0) is 28.1 Å². The highest BCUT2D eigenvalue weighted by molar-refractivity contribution is 9.10. The molecule has 0 fully saturated rings. The van der Waals surface area contributed by atoms with Gasteiger partial charge in [-0.1, -0.05) is 0 Å². The van der Waals surface area contributed by atoms with Crippen LogP contribution < -0.4 is 11.3 Å². The molecule has 0 saturated heterocycles. The summed E-state index contributed by atoms with van der Waals surface area (Å²) in [6.45, 7) is 0. The van der Waals surface area contributed by atoms with Crippen molar-refractivity contribution in [1.29, 1.82) is 0 Å². The number of halogens is 5. The molecule has 0 radical (unpaired) electrons. The molecule has 1 aromatic carbocycles. The highest BCUT2D eigenvalue weighted by Gasteiger charge is 2.37. The number of hydrogen-bond donors (Lipinski definition) is 4. The van der Waals surface area contributed by atoms with Gasteiger partial charge in [-0.15, -0.1) is 0 Å². The second-order valence-corrected chi connectivity index (χ2v) is 5.68. The van der Waals surface area contributed by atoms with Gasteiger partial charge in [-0.3, -0.25) is 4.79 Å². The Balaban J connectivity index is 3.14. The van der Waals surface area contributed by atoms with Crippen molar-refractivity contribution in [3.8, 4) is 11.1 Å².